The number of benzene rings is 1. The molecule has 0 aliphatic carbocycles. The second-order valence-corrected chi connectivity index (χ2v) is 4.20. The summed E-state index contributed by atoms with van der Waals surface area (Å²) in [5, 5.41) is 15.6. The molecule has 19 heavy (non-hydrogen) atoms. The predicted octanol–water partition coefficient (Wildman–Crippen LogP) is 2.02. The second-order valence-electron chi connectivity index (χ2n) is 3.80. The monoisotopic (exact) mass is 279 g/mol. The highest BCUT2D eigenvalue weighted by Crippen LogP contribution is 2.26. The number of carbonyl (C=O) groups is 2. The van der Waals surface area contributed by atoms with Crippen molar-refractivity contribution in [1.29, 1.82) is 0 Å². The molecule has 2 aromatic rings. The van der Waals surface area contributed by atoms with E-state index in [2.05, 4.69) is 10.4 Å². The molecular formula is C12H10ClN3O3. The van der Waals surface area contributed by atoms with Gasteiger partial charge in [-0.25, -0.2) is 4.79 Å². The molecule has 1 heterocycles. The van der Waals surface area contributed by atoms with Gasteiger partial charge in [0.05, 0.1) is 16.3 Å². The number of hydrogen-bond donors (Lipinski definition) is 2. The van der Waals surface area contributed by atoms with E-state index < -0.39 is 11.9 Å². The van der Waals surface area contributed by atoms with Crippen molar-refractivity contribution in [3.05, 3.63) is 46.7 Å². The molecule has 0 fully saturated rings. The quantitative estimate of drug-likeness (QED) is 0.900. The number of aryl methyl sites for hydroxylation is 1. The van der Waals surface area contributed by atoms with E-state index in [9.17, 15) is 9.59 Å². The Bertz CT molecular complexity index is 651. The number of rotatable bonds is 3. The van der Waals surface area contributed by atoms with Crippen LogP contribution in [-0.4, -0.2) is 26.8 Å². The summed E-state index contributed by atoms with van der Waals surface area (Å²) in [7, 11) is 1.68. The smallest absolute Gasteiger partial charge is 0.337 e. The van der Waals surface area contributed by atoms with E-state index in [-0.39, 0.29) is 22.0 Å². The number of aromatic carboxylic acids is 1. The van der Waals surface area contributed by atoms with Crippen molar-refractivity contribution in [3.63, 3.8) is 0 Å². The van der Waals surface area contributed by atoms with E-state index in [4.69, 9.17) is 16.7 Å². The van der Waals surface area contributed by atoms with Gasteiger partial charge in [-0.1, -0.05) is 17.7 Å². The third kappa shape index (κ3) is 2.74. The van der Waals surface area contributed by atoms with Crippen molar-refractivity contribution in [2.75, 3.05) is 5.32 Å². The summed E-state index contributed by atoms with van der Waals surface area (Å²) in [6.07, 6.45) is 1.61. The third-order valence-electron chi connectivity index (χ3n) is 2.43. The van der Waals surface area contributed by atoms with Crippen LogP contribution < -0.4 is 5.32 Å². The van der Waals surface area contributed by atoms with Crippen LogP contribution in [0.1, 0.15) is 20.8 Å². The van der Waals surface area contributed by atoms with E-state index in [1.54, 1.807) is 13.2 Å². The van der Waals surface area contributed by atoms with E-state index in [0.717, 1.165) is 0 Å². The summed E-state index contributed by atoms with van der Waals surface area (Å²) in [5.74, 6) is -1.69. The highest BCUT2D eigenvalue weighted by molar-refractivity contribution is 6.34. The van der Waals surface area contributed by atoms with Crippen LogP contribution in [0, 0.1) is 0 Å². The molecule has 1 aromatic carbocycles. The molecule has 0 atom stereocenters. The largest absolute Gasteiger partial charge is 0.478 e. The molecule has 2 N–H and O–H groups in total. The Kier molecular flexibility index (Phi) is 3.52. The number of nitrogens with one attached hydrogen (secondary N) is 1. The van der Waals surface area contributed by atoms with Crippen LogP contribution in [0.2, 0.25) is 5.02 Å². The summed E-state index contributed by atoms with van der Waals surface area (Å²) in [6.45, 7) is 0. The number of amides is 1. The fourth-order valence-corrected chi connectivity index (χ4v) is 1.76. The molecule has 0 aliphatic rings. The van der Waals surface area contributed by atoms with E-state index in [1.165, 1.54) is 28.9 Å². The maximum atomic E-state index is 11.9. The van der Waals surface area contributed by atoms with Crippen molar-refractivity contribution in [3.8, 4) is 0 Å². The van der Waals surface area contributed by atoms with Crippen LogP contribution in [0.15, 0.2) is 30.5 Å². The summed E-state index contributed by atoms with van der Waals surface area (Å²) in [6, 6.07) is 5.89. The summed E-state index contributed by atoms with van der Waals surface area (Å²) >= 11 is 5.91. The maximum absolute atomic E-state index is 11.9. The van der Waals surface area contributed by atoms with E-state index in [1.807, 2.05) is 0 Å². The first-order valence-electron chi connectivity index (χ1n) is 5.32. The van der Waals surface area contributed by atoms with Gasteiger partial charge in [-0.05, 0) is 18.2 Å². The Morgan fingerprint density at radius 1 is 1.37 bits per heavy atom. The van der Waals surface area contributed by atoms with Gasteiger partial charge in [0.1, 0.15) is 0 Å². The topological polar surface area (TPSA) is 84.2 Å². The number of carboxylic acids is 1. The SMILES string of the molecule is Cn1ccc(C(=O)Nc2c(Cl)cccc2C(=O)O)n1. The molecule has 1 amide bonds. The average molecular weight is 280 g/mol. The Balaban J connectivity index is 2.33. The molecule has 1 aromatic heterocycles. The predicted molar refractivity (Wildman–Crippen MR) is 69.6 cm³/mol. The molecule has 0 saturated carbocycles. The number of anilines is 1. The zero-order valence-electron chi connectivity index (χ0n) is 9.92. The first-order valence-corrected chi connectivity index (χ1v) is 5.69. The summed E-state index contributed by atoms with van der Waals surface area (Å²) in [4.78, 5) is 23.0. The van der Waals surface area contributed by atoms with Gasteiger partial charge in [0.25, 0.3) is 5.91 Å². The molecule has 0 unspecified atom stereocenters. The van der Waals surface area contributed by atoms with Crippen molar-refractivity contribution in [1.82, 2.24) is 9.78 Å². The first kappa shape index (κ1) is 13.1. The lowest BCUT2D eigenvalue weighted by Gasteiger charge is -2.09. The van der Waals surface area contributed by atoms with Gasteiger partial charge in [0.2, 0.25) is 0 Å². The third-order valence-corrected chi connectivity index (χ3v) is 2.74. The second kappa shape index (κ2) is 5.11. The van der Waals surface area contributed by atoms with Gasteiger partial charge in [0, 0.05) is 13.2 Å². The molecule has 7 heteroatoms. The zero-order chi connectivity index (χ0) is 14.0. The fraction of sp³-hybridized carbons (Fsp3) is 0.0833. The number of halogens is 1. The van der Waals surface area contributed by atoms with Crippen LogP contribution >= 0.6 is 11.6 Å². The zero-order valence-corrected chi connectivity index (χ0v) is 10.7. The van der Waals surface area contributed by atoms with Crippen LogP contribution in [0.3, 0.4) is 0 Å². The lowest BCUT2D eigenvalue weighted by Crippen LogP contribution is -2.16. The van der Waals surface area contributed by atoms with Gasteiger partial charge >= 0.3 is 5.97 Å². The number of aromatic nitrogens is 2. The number of carbonyl (C=O) groups excluding carboxylic acids is 1. The molecular weight excluding hydrogens is 270 g/mol. The molecule has 0 radical (unpaired) electrons. The van der Waals surface area contributed by atoms with Gasteiger partial charge < -0.3 is 10.4 Å². The van der Waals surface area contributed by atoms with Gasteiger partial charge in [-0.2, -0.15) is 5.10 Å². The van der Waals surface area contributed by atoms with Crippen molar-refractivity contribution in [2.45, 2.75) is 0 Å². The van der Waals surface area contributed by atoms with Crippen molar-refractivity contribution < 1.29 is 14.7 Å². The minimum absolute atomic E-state index is 0.0623. The number of carboxylic acid groups (broad SMARTS) is 1. The lowest BCUT2D eigenvalue weighted by molar-refractivity contribution is 0.0698. The number of para-hydroxylation sites is 1. The van der Waals surface area contributed by atoms with Crippen LogP contribution in [0.25, 0.3) is 0 Å². The molecule has 0 saturated heterocycles. The maximum Gasteiger partial charge on any atom is 0.337 e. The van der Waals surface area contributed by atoms with Crippen LogP contribution in [-0.2, 0) is 7.05 Å². The minimum atomic E-state index is -1.17. The summed E-state index contributed by atoms with van der Waals surface area (Å²) < 4.78 is 1.47. The highest BCUT2D eigenvalue weighted by Gasteiger charge is 2.17. The molecule has 0 bridgehead atoms. The number of hydrogen-bond acceptors (Lipinski definition) is 3. The van der Waals surface area contributed by atoms with Gasteiger partial charge in [-0.15, -0.1) is 0 Å². The summed E-state index contributed by atoms with van der Waals surface area (Å²) in [5.41, 5.74) is 0.169. The van der Waals surface area contributed by atoms with Gasteiger partial charge in [0.15, 0.2) is 5.69 Å². The lowest BCUT2D eigenvalue weighted by atomic mass is 10.1. The molecule has 6 nitrogen and oxygen atoms in total. The van der Waals surface area contributed by atoms with E-state index >= 15 is 0 Å². The minimum Gasteiger partial charge on any atom is -0.478 e. The Morgan fingerprint density at radius 3 is 2.68 bits per heavy atom. The Morgan fingerprint density at radius 2 is 2.11 bits per heavy atom. The number of nitrogens with zero attached hydrogens (tertiary/aromatic N) is 2. The fourth-order valence-electron chi connectivity index (χ4n) is 1.54. The van der Waals surface area contributed by atoms with Crippen LogP contribution in [0.5, 0.6) is 0 Å². The Hall–Kier alpha value is -2.34. The Labute approximate surface area is 113 Å². The molecule has 98 valence electrons. The van der Waals surface area contributed by atoms with Crippen molar-refractivity contribution >= 4 is 29.2 Å². The highest BCUT2D eigenvalue weighted by atomic mass is 35.5. The van der Waals surface area contributed by atoms with E-state index in [0.29, 0.717) is 0 Å². The normalized spacial score (nSPS) is 10.2. The first-order chi connectivity index (χ1) is 8.99. The van der Waals surface area contributed by atoms with Crippen molar-refractivity contribution in [2.24, 2.45) is 7.05 Å². The average Bonchev–Trinajstić information content (AvgIpc) is 2.78. The molecule has 2 rings (SSSR count). The molecule has 0 spiro atoms. The standard InChI is InChI=1S/C12H10ClN3O3/c1-16-6-5-9(15-16)11(17)14-10-7(12(18)19)3-2-4-8(10)13/h2-6H,1H3,(H,14,17)(H,18,19). The van der Waals surface area contributed by atoms with Gasteiger partial charge in [-0.3, -0.25) is 9.48 Å². The molecule has 0 aliphatic heterocycles. The van der Waals surface area contributed by atoms with Crippen LogP contribution in [0.4, 0.5) is 5.69 Å².